The number of hydrogen-bond acceptors (Lipinski definition) is 3. The Morgan fingerprint density at radius 2 is 1.92 bits per heavy atom. The Labute approximate surface area is 154 Å². The predicted octanol–water partition coefficient (Wildman–Crippen LogP) is 5.67. The van der Waals surface area contributed by atoms with Crippen LogP contribution in [0.4, 0.5) is 5.69 Å². The molecule has 0 spiro atoms. The molecule has 0 bridgehead atoms. The standard InChI is InChI=1S/C18H12ClN3O2.ClH/c1-10-18(15-9-12(22(23)24)3-5-16(15)21-10)14-6-7-20-17-8-11(19)2-4-13(14)17;/h2-9,21H,1H3;1H. The second kappa shape index (κ2) is 6.35. The van der Waals surface area contributed by atoms with Gasteiger partial charge in [-0.25, -0.2) is 0 Å². The monoisotopic (exact) mass is 373 g/mol. The van der Waals surface area contributed by atoms with Crippen molar-refractivity contribution in [2.24, 2.45) is 0 Å². The molecule has 7 heteroatoms. The molecule has 0 saturated carbocycles. The number of pyridine rings is 1. The molecule has 4 aromatic rings. The molecular weight excluding hydrogens is 361 g/mol. The van der Waals surface area contributed by atoms with Gasteiger partial charge in [-0.1, -0.05) is 17.7 Å². The van der Waals surface area contributed by atoms with Crippen molar-refractivity contribution < 1.29 is 4.92 Å². The molecule has 126 valence electrons. The number of benzene rings is 2. The van der Waals surface area contributed by atoms with Gasteiger partial charge in [-0.15, -0.1) is 12.4 Å². The molecule has 2 aromatic carbocycles. The van der Waals surface area contributed by atoms with E-state index in [4.69, 9.17) is 11.6 Å². The molecule has 0 atom stereocenters. The number of hydrogen-bond donors (Lipinski definition) is 1. The lowest BCUT2D eigenvalue weighted by Gasteiger charge is -2.07. The van der Waals surface area contributed by atoms with Crippen LogP contribution in [0.1, 0.15) is 5.69 Å². The first-order valence-electron chi connectivity index (χ1n) is 7.36. The summed E-state index contributed by atoms with van der Waals surface area (Å²) < 4.78 is 0. The number of aryl methyl sites for hydroxylation is 1. The van der Waals surface area contributed by atoms with Crippen LogP contribution < -0.4 is 0 Å². The van der Waals surface area contributed by atoms with Crippen LogP contribution in [0.25, 0.3) is 32.9 Å². The van der Waals surface area contributed by atoms with Gasteiger partial charge in [0.25, 0.3) is 5.69 Å². The number of fused-ring (bicyclic) bond motifs is 2. The van der Waals surface area contributed by atoms with Crippen LogP contribution in [0.2, 0.25) is 5.02 Å². The van der Waals surface area contributed by atoms with Crippen molar-refractivity contribution in [1.29, 1.82) is 0 Å². The number of nitrogens with one attached hydrogen (secondary N) is 1. The lowest BCUT2D eigenvalue weighted by molar-refractivity contribution is -0.384. The first-order valence-corrected chi connectivity index (χ1v) is 7.74. The molecule has 2 aromatic heterocycles. The summed E-state index contributed by atoms with van der Waals surface area (Å²) in [6.45, 7) is 1.96. The van der Waals surface area contributed by atoms with Crippen molar-refractivity contribution in [2.75, 3.05) is 0 Å². The Morgan fingerprint density at radius 1 is 1.12 bits per heavy atom. The van der Waals surface area contributed by atoms with Crippen molar-refractivity contribution in [1.82, 2.24) is 9.97 Å². The summed E-state index contributed by atoms with van der Waals surface area (Å²) in [5, 5.41) is 13.5. The number of non-ortho nitro benzene ring substituents is 1. The minimum atomic E-state index is -0.379. The maximum atomic E-state index is 11.1. The topological polar surface area (TPSA) is 71.8 Å². The molecule has 2 heterocycles. The Bertz CT molecular complexity index is 1120. The van der Waals surface area contributed by atoms with Crippen LogP contribution in [-0.4, -0.2) is 14.9 Å². The van der Waals surface area contributed by atoms with Crippen molar-refractivity contribution in [2.45, 2.75) is 6.92 Å². The number of aromatic amines is 1. The zero-order valence-electron chi connectivity index (χ0n) is 13.1. The van der Waals surface area contributed by atoms with Gasteiger partial charge in [0.05, 0.1) is 10.4 Å². The molecule has 0 aliphatic rings. The molecule has 0 saturated heterocycles. The first kappa shape index (κ1) is 17.2. The van der Waals surface area contributed by atoms with E-state index in [1.54, 1.807) is 18.3 Å². The summed E-state index contributed by atoms with van der Waals surface area (Å²) in [7, 11) is 0. The number of H-pyrrole nitrogens is 1. The molecule has 0 unspecified atom stereocenters. The quantitative estimate of drug-likeness (QED) is 0.363. The summed E-state index contributed by atoms with van der Waals surface area (Å²) in [4.78, 5) is 18.4. The first-order chi connectivity index (χ1) is 11.5. The molecule has 1 N–H and O–H groups in total. The summed E-state index contributed by atoms with van der Waals surface area (Å²) in [5.74, 6) is 0. The summed E-state index contributed by atoms with van der Waals surface area (Å²) in [5.41, 5.74) is 4.60. The second-order valence-electron chi connectivity index (χ2n) is 5.63. The average Bonchev–Trinajstić information content (AvgIpc) is 2.88. The summed E-state index contributed by atoms with van der Waals surface area (Å²) in [6.07, 6.45) is 1.73. The predicted molar refractivity (Wildman–Crippen MR) is 103 cm³/mol. The summed E-state index contributed by atoms with van der Waals surface area (Å²) >= 11 is 6.06. The van der Waals surface area contributed by atoms with E-state index < -0.39 is 0 Å². The van der Waals surface area contributed by atoms with Gasteiger partial charge in [-0.05, 0) is 36.8 Å². The van der Waals surface area contributed by atoms with Gasteiger partial charge in [0.2, 0.25) is 0 Å². The van der Waals surface area contributed by atoms with E-state index in [0.29, 0.717) is 5.02 Å². The normalized spacial score (nSPS) is 10.8. The third kappa shape index (κ3) is 2.81. The highest BCUT2D eigenvalue weighted by Gasteiger charge is 2.16. The van der Waals surface area contributed by atoms with Crippen LogP contribution in [0.15, 0.2) is 48.7 Å². The van der Waals surface area contributed by atoms with E-state index >= 15 is 0 Å². The van der Waals surface area contributed by atoms with Crippen LogP contribution in [0.3, 0.4) is 0 Å². The van der Waals surface area contributed by atoms with Crippen molar-refractivity contribution >= 4 is 51.5 Å². The minimum Gasteiger partial charge on any atom is -0.358 e. The zero-order valence-corrected chi connectivity index (χ0v) is 14.7. The fourth-order valence-corrected chi connectivity index (χ4v) is 3.28. The van der Waals surface area contributed by atoms with E-state index in [0.717, 1.165) is 38.6 Å². The van der Waals surface area contributed by atoms with Crippen LogP contribution in [0, 0.1) is 17.0 Å². The average molecular weight is 374 g/mol. The SMILES string of the molecule is Cc1[nH]c2ccc([N+](=O)[O-])cc2c1-c1ccnc2cc(Cl)ccc12.Cl. The number of nitrogens with zero attached hydrogens (tertiary/aromatic N) is 2. The van der Waals surface area contributed by atoms with E-state index in [2.05, 4.69) is 9.97 Å². The molecule has 5 nitrogen and oxygen atoms in total. The van der Waals surface area contributed by atoms with Gasteiger partial charge >= 0.3 is 0 Å². The maximum Gasteiger partial charge on any atom is 0.270 e. The number of halogens is 2. The van der Waals surface area contributed by atoms with Crippen LogP contribution >= 0.6 is 24.0 Å². The second-order valence-corrected chi connectivity index (χ2v) is 6.07. The maximum absolute atomic E-state index is 11.1. The molecule has 0 amide bonds. The molecule has 4 rings (SSSR count). The third-order valence-corrected chi connectivity index (χ3v) is 4.39. The lowest BCUT2D eigenvalue weighted by Crippen LogP contribution is -1.88. The van der Waals surface area contributed by atoms with E-state index in [9.17, 15) is 10.1 Å². The number of nitro benzene ring substituents is 1. The van der Waals surface area contributed by atoms with Crippen molar-refractivity contribution in [3.63, 3.8) is 0 Å². The van der Waals surface area contributed by atoms with Gasteiger partial charge in [-0.3, -0.25) is 15.1 Å². The van der Waals surface area contributed by atoms with Gasteiger partial charge in [0.1, 0.15) is 0 Å². The lowest BCUT2D eigenvalue weighted by atomic mass is 9.98. The highest BCUT2D eigenvalue weighted by atomic mass is 35.5. The fourth-order valence-electron chi connectivity index (χ4n) is 3.11. The Kier molecular flexibility index (Phi) is 4.37. The zero-order chi connectivity index (χ0) is 16.8. The Morgan fingerprint density at radius 3 is 2.68 bits per heavy atom. The molecule has 25 heavy (non-hydrogen) atoms. The van der Waals surface area contributed by atoms with Gasteiger partial charge in [0, 0.05) is 50.9 Å². The van der Waals surface area contributed by atoms with Crippen LogP contribution in [0.5, 0.6) is 0 Å². The van der Waals surface area contributed by atoms with E-state index in [-0.39, 0.29) is 23.0 Å². The van der Waals surface area contributed by atoms with Gasteiger partial charge in [0.15, 0.2) is 0 Å². The van der Waals surface area contributed by atoms with E-state index in [1.807, 2.05) is 31.2 Å². The Balaban J connectivity index is 0.00000182. The third-order valence-electron chi connectivity index (χ3n) is 4.15. The molecule has 0 radical (unpaired) electrons. The largest absolute Gasteiger partial charge is 0.358 e. The highest BCUT2D eigenvalue weighted by Crippen LogP contribution is 2.37. The number of aromatic nitrogens is 2. The van der Waals surface area contributed by atoms with Gasteiger partial charge in [-0.2, -0.15) is 0 Å². The minimum absolute atomic E-state index is 0. The fraction of sp³-hybridized carbons (Fsp3) is 0.0556. The molecule has 0 aliphatic carbocycles. The van der Waals surface area contributed by atoms with Crippen LogP contribution in [-0.2, 0) is 0 Å². The van der Waals surface area contributed by atoms with Gasteiger partial charge < -0.3 is 4.98 Å². The number of rotatable bonds is 2. The van der Waals surface area contributed by atoms with Crippen molar-refractivity contribution in [3.05, 3.63) is 69.5 Å². The highest BCUT2D eigenvalue weighted by molar-refractivity contribution is 6.31. The molecule has 0 aliphatic heterocycles. The molecule has 0 fully saturated rings. The van der Waals surface area contributed by atoms with E-state index in [1.165, 1.54) is 6.07 Å². The number of nitro groups is 1. The summed E-state index contributed by atoms with van der Waals surface area (Å²) in [6, 6.07) is 12.3. The Hall–Kier alpha value is -2.63. The smallest absolute Gasteiger partial charge is 0.270 e. The van der Waals surface area contributed by atoms with Crippen molar-refractivity contribution in [3.8, 4) is 11.1 Å². The molecular formula is C18H13Cl2N3O2.